The minimum absolute atomic E-state index is 0.152. The number of aromatic amines is 1. The van der Waals surface area contributed by atoms with E-state index in [1.54, 1.807) is 24.4 Å². The largest absolute Gasteiger partial charge is 0.436 e. The lowest BCUT2D eigenvalue weighted by Crippen LogP contribution is -2.14. The van der Waals surface area contributed by atoms with Gasteiger partial charge in [-0.3, -0.25) is 9.89 Å². The Balaban J connectivity index is 1.34. The number of nitrogens with zero attached hydrogens (tertiary/aromatic N) is 2. The number of nitrogens with one attached hydrogen (secondary N) is 2. The van der Waals surface area contributed by atoms with Crippen molar-refractivity contribution in [3.8, 4) is 22.7 Å². The Labute approximate surface area is 199 Å². The number of carbonyl (C=O) groups is 1. The van der Waals surface area contributed by atoms with Crippen molar-refractivity contribution in [2.75, 3.05) is 5.32 Å². The molecule has 6 nitrogen and oxygen atoms in total. The maximum atomic E-state index is 12.4. The summed E-state index contributed by atoms with van der Waals surface area (Å²) in [4.78, 5) is 17.0. The first-order valence-corrected chi connectivity index (χ1v) is 11.0. The highest BCUT2D eigenvalue weighted by molar-refractivity contribution is 6.35. The Morgan fingerprint density at radius 3 is 2.67 bits per heavy atom. The summed E-state index contributed by atoms with van der Waals surface area (Å²) in [5.74, 6) is 0.326. The minimum atomic E-state index is -0.170. The van der Waals surface area contributed by atoms with Crippen LogP contribution in [0, 0.1) is 6.92 Å². The molecule has 0 spiro atoms. The fourth-order valence-corrected chi connectivity index (χ4v) is 4.05. The van der Waals surface area contributed by atoms with Crippen LogP contribution in [0.4, 0.5) is 5.69 Å². The van der Waals surface area contributed by atoms with E-state index in [0.717, 1.165) is 33.5 Å². The SMILES string of the molecule is Cc1ccc2nc(-c3cn[nH]c3-c3ccc(NC(=O)Cc4ccc(Cl)cc4Cl)cc3)oc2c1. The molecule has 5 aromatic rings. The van der Waals surface area contributed by atoms with Crippen molar-refractivity contribution >= 4 is 45.9 Å². The number of oxazole rings is 1. The molecule has 0 radical (unpaired) electrons. The number of H-pyrrole nitrogens is 1. The van der Waals surface area contributed by atoms with E-state index in [1.165, 1.54) is 0 Å². The van der Waals surface area contributed by atoms with E-state index in [-0.39, 0.29) is 12.3 Å². The van der Waals surface area contributed by atoms with E-state index in [1.807, 2.05) is 49.4 Å². The molecule has 164 valence electrons. The molecule has 0 bridgehead atoms. The molecule has 0 fully saturated rings. The quantitative estimate of drug-likeness (QED) is 0.296. The number of rotatable bonds is 5. The molecular weight excluding hydrogens is 459 g/mol. The van der Waals surface area contributed by atoms with Gasteiger partial charge in [0.1, 0.15) is 5.52 Å². The molecule has 0 saturated heterocycles. The van der Waals surface area contributed by atoms with Gasteiger partial charge in [0.25, 0.3) is 0 Å². The molecule has 0 atom stereocenters. The highest BCUT2D eigenvalue weighted by Crippen LogP contribution is 2.32. The van der Waals surface area contributed by atoms with E-state index < -0.39 is 0 Å². The smallest absolute Gasteiger partial charge is 0.231 e. The molecule has 33 heavy (non-hydrogen) atoms. The third-order valence-corrected chi connectivity index (χ3v) is 5.82. The van der Waals surface area contributed by atoms with Crippen molar-refractivity contribution < 1.29 is 9.21 Å². The zero-order valence-electron chi connectivity index (χ0n) is 17.5. The van der Waals surface area contributed by atoms with Crippen LogP contribution in [0.2, 0.25) is 10.0 Å². The van der Waals surface area contributed by atoms with Gasteiger partial charge in [-0.2, -0.15) is 5.10 Å². The second kappa shape index (κ2) is 8.73. The summed E-state index contributed by atoms with van der Waals surface area (Å²) in [5, 5.41) is 11.1. The van der Waals surface area contributed by atoms with Gasteiger partial charge in [0.05, 0.1) is 23.9 Å². The third kappa shape index (κ3) is 4.49. The van der Waals surface area contributed by atoms with Crippen LogP contribution in [0.15, 0.2) is 71.3 Å². The summed E-state index contributed by atoms with van der Waals surface area (Å²) >= 11 is 12.1. The van der Waals surface area contributed by atoms with Crippen molar-refractivity contribution in [3.05, 3.63) is 88.0 Å². The monoisotopic (exact) mass is 476 g/mol. The van der Waals surface area contributed by atoms with Crippen molar-refractivity contribution in [2.45, 2.75) is 13.3 Å². The van der Waals surface area contributed by atoms with Crippen molar-refractivity contribution in [3.63, 3.8) is 0 Å². The Morgan fingerprint density at radius 2 is 1.88 bits per heavy atom. The highest BCUT2D eigenvalue weighted by Gasteiger charge is 2.16. The fourth-order valence-electron chi connectivity index (χ4n) is 3.58. The van der Waals surface area contributed by atoms with Gasteiger partial charge in [0, 0.05) is 21.3 Å². The molecule has 2 aromatic heterocycles. The molecule has 0 aliphatic carbocycles. The van der Waals surface area contributed by atoms with E-state index in [4.69, 9.17) is 27.6 Å². The number of hydrogen-bond acceptors (Lipinski definition) is 4. The molecule has 0 unspecified atom stereocenters. The van der Waals surface area contributed by atoms with Gasteiger partial charge in [-0.15, -0.1) is 0 Å². The number of anilines is 1. The maximum Gasteiger partial charge on any atom is 0.231 e. The van der Waals surface area contributed by atoms with Gasteiger partial charge < -0.3 is 9.73 Å². The van der Waals surface area contributed by atoms with Gasteiger partial charge in [-0.25, -0.2) is 4.98 Å². The zero-order chi connectivity index (χ0) is 22.9. The number of halogens is 2. The molecule has 0 aliphatic heterocycles. The van der Waals surface area contributed by atoms with Gasteiger partial charge in [-0.05, 0) is 54.4 Å². The van der Waals surface area contributed by atoms with Crippen LogP contribution in [0.3, 0.4) is 0 Å². The summed E-state index contributed by atoms with van der Waals surface area (Å²) in [5.41, 5.74) is 6.45. The Bertz CT molecular complexity index is 1470. The van der Waals surface area contributed by atoms with E-state index in [2.05, 4.69) is 20.5 Å². The summed E-state index contributed by atoms with van der Waals surface area (Å²) in [6.45, 7) is 2.01. The number of hydrogen-bond donors (Lipinski definition) is 2. The summed E-state index contributed by atoms with van der Waals surface area (Å²) in [6.07, 6.45) is 1.85. The number of benzene rings is 3. The molecule has 2 heterocycles. The summed E-state index contributed by atoms with van der Waals surface area (Å²) in [7, 11) is 0. The molecule has 3 aromatic carbocycles. The minimum Gasteiger partial charge on any atom is -0.436 e. The van der Waals surface area contributed by atoms with Gasteiger partial charge in [-0.1, -0.05) is 47.5 Å². The number of carbonyl (C=O) groups excluding carboxylic acids is 1. The summed E-state index contributed by atoms with van der Waals surface area (Å²) < 4.78 is 5.96. The van der Waals surface area contributed by atoms with E-state index in [0.29, 0.717) is 27.2 Å². The second-order valence-electron chi connectivity index (χ2n) is 7.69. The van der Waals surface area contributed by atoms with Crippen LogP contribution in [0.1, 0.15) is 11.1 Å². The van der Waals surface area contributed by atoms with Gasteiger partial charge in [0.15, 0.2) is 5.58 Å². The Hall–Kier alpha value is -3.61. The lowest BCUT2D eigenvalue weighted by Gasteiger charge is -2.08. The first kappa shape index (κ1) is 21.2. The Morgan fingerprint density at radius 1 is 1.06 bits per heavy atom. The lowest BCUT2D eigenvalue weighted by molar-refractivity contribution is -0.115. The van der Waals surface area contributed by atoms with Crippen LogP contribution in [-0.2, 0) is 11.2 Å². The van der Waals surface area contributed by atoms with Crippen molar-refractivity contribution in [1.82, 2.24) is 15.2 Å². The molecule has 0 saturated carbocycles. The predicted octanol–water partition coefficient (Wildman–Crippen LogP) is 6.68. The first-order chi connectivity index (χ1) is 16.0. The summed E-state index contributed by atoms with van der Waals surface area (Å²) in [6, 6.07) is 18.4. The van der Waals surface area contributed by atoms with Crippen LogP contribution in [0.25, 0.3) is 33.8 Å². The predicted molar refractivity (Wildman–Crippen MR) is 131 cm³/mol. The maximum absolute atomic E-state index is 12.4. The molecule has 5 rings (SSSR count). The normalized spacial score (nSPS) is 11.1. The van der Waals surface area contributed by atoms with E-state index >= 15 is 0 Å². The van der Waals surface area contributed by atoms with Crippen molar-refractivity contribution in [2.24, 2.45) is 0 Å². The molecule has 1 amide bonds. The lowest BCUT2D eigenvalue weighted by atomic mass is 10.1. The number of fused-ring (bicyclic) bond motifs is 1. The van der Waals surface area contributed by atoms with Gasteiger partial charge >= 0.3 is 0 Å². The number of amides is 1. The molecular formula is C25H18Cl2N4O2. The Kier molecular flexibility index (Phi) is 5.62. The van der Waals surface area contributed by atoms with Crippen LogP contribution in [-0.4, -0.2) is 21.1 Å². The number of aryl methyl sites for hydroxylation is 1. The second-order valence-corrected chi connectivity index (χ2v) is 8.53. The zero-order valence-corrected chi connectivity index (χ0v) is 19.0. The van der Waals surface area contributed by atoms with E-state index in [9.17, 15) is 4.79 Å². The molecule has 0 aliphatic rings. The van der Waals surface area contributed by atoms with Crippen LogP contribution < -0.4 is 5.32 Å². The van der Waals surface area contributed by atoms with Crippen molar-refractivity contribution in [1.29, 1.82) is 0 Å². The number of aromatic nitrogens is 3. The standard InChI is InChI=1S/C25H18Cl2N4O2/c1-14-2-9-21-22(10-14)33-25(30-21)19-13-28-31-24(19)15-4-7-18(8-5-15)29-23(32)11-16-3-6-17(26)12-20(16)27/h2-10,12-13H,11H2,1H3,(H,28,31)(H,29,32). The molecule has 2 N–H and O–H groups in total. The fraction of sp³-hybridized carbons (Fsp3) is 0.0800. The first-order valence-electron chi connectivity index (χ1n) is 10.2. The highest BCUT2D eigenvalue weighted by atomic mass is 35.5. The topological polar surface area (TPSA) is 83.8 Å². The van der Waals surface area contributed by atoms with Gasteiger partial charge in [0.2, 0.25) is 11.8 Å². The average Bonchev–Trinajstić information content (AvgIpc) is 3.43. The van der Waals surface area contributed by atoms with Crippen LogP contribution >= 0.6 is 23.2 Å². The third-order valence-electron chi connectivity index (χ3n) is 5.24. The average molecular weight is 477 g/mol. The molecule has 8 heteroatoms. The van der Waals surface area contributed by atoms with Crippen LogP contribution in [0.5, 0.6) is 0 Å².